The number of carbonyl (C=O) groups excluding carboxylic acids is 1. The molecule has 0 radical (unpaired) electrons. The van der Waals surface area contributed by atoms with E-state index in [1.165, 1.54) is 12.8 Å². The molecule has 19 heavy (non-hydrogen) atoms. The Bertz CT molecular complexity index is 233. The van der Waals surface area contributed by atoms with E-state index in [1.807, 2.05) is 0 Å². The first-order chi connectivity index (χ1) is 9.02. The van der Waals surface area contributed by atoms with Crippen molar-refractivity contribution in [2.24, 2.45) is 17.1 Å². The highest BCUT2D eigenvalue weighted by Crippen LogP contribution is 2.29. The van der Waals surface area contributed by atoms with Crippen LogP contribution in [0.3, 0.4) is 0 Å². The fraction of sp³-hybridized carbons (Fsp3) is 0.938. The summed E-state index contributed by atoms with van der Waals surface area (Å²) in [6.45, 7) is 9.97. The van der Waals surface area contributed by atoms with Gasteiger partial charge in [0.05, 0.1) is 5.41 Å². The van der Waals surface area contributed by atoms with Crippen LogP contribution >= 0.6 is 0 Å². The van der Waals surface area contributed by atoms with Gasteiger partial charge < -0.3 is 11.1 Å². The van der Waals surface area contributed by atoms with Crippen LogP contribution in [-0.2, 0) is 4.79 Å². The summed E-state index contributed by atoms with van der Waals surface area (Å²) in [7, 11) is 0. The zero-order chi connectivity index (χ0) is 14.7. The van der Waals surface area contributed by atoms with Crippen molar-refractivity contribution in [3.05, 3.63) is 0 Å². The van der Waals surface area contributed by atoms with Crippen LogP contribution in [0.4, 0.5) is 0 Å². The number of nitrogens with two attached hydrogens (primary N) is 1. The van der Waals surface area contributed by atoms with Gasteiger partial charge in [-0.2, -0.15) is 0 Å². The molecule has 3 heteroatoms. The fourth-order valence-electron chi connectivity index (χ4n) is 2.67. The average molecular weight is 270 g/mol. The van der Waals surface area contributed by atoms with Crippen LogP contribution in [0.1, 0.15) is 72.6 Å². The number of amides is 1. The van der Waals surface area contributed by atoms with Crippen molar-refractivity contribution in [2.75, 3.05) is 13.1 Å². The third-order valence-corrected chi connectivity index (χ3v) is 3.82. The molecule has 0 saturated heterocycles. The third-order valence-electron chi connectivity index (χ3n) is 3.82. The van der Waals surface area contributed by atoms with Gasteiger partial charge in [0, 0.05) is 13.1 Å². The Morgan fingerprint density at radius 1 is 1.16 bits per heavy atom. The molecule has 0 heterocycles. The van der Waals surface area contributed by atoms with E-state index in [0.29, 0.717) is 6.54 Å². The molecule has 0 aromatic carbocycles. The maximum Gasteiger partial charge on any atom is 0.227 e. The lowest BCUT2D eigenvalue weighted by Gasteiger charge is -2.30. The predicted molar refractivity (Wildman–Crippen MR) is 83.0 cm³/mol. The minimum Gasteiger partial charge on any atom is -0.356 e. The normalized spacial score (nSPS) is 11.9. The smallest absolute Gasteiger partial charge is 0.227 e. The topological polar surface area (TPSA) is 55.1 Å². The Hall–Kier alpha value is -0.570. The van der Waals surface area contributed by atoms with Gasteiger partial charge in [0.15, 0.2) is 0 Å². The zero-order valence-corrected chi connectivity index (χ0v) is 13.4. The maximum atomic E-state index is 12.4. The molecular weight excluding hydrogens is 236 g/mol. The molecular formula is C16H34N2O. The van der Waals surface area contributed by atoms with Gasteiger partial charge >= 0.3 is 0 Å². The van der Waals surface area contributed by atoms with Crippen LogP contribution in [0.5, 0.6) is 0 Å². The van der Waals surface area contributed by atoms with Crippen molar-refractivity contribution in [2.45, 2.75) is 72.6 Å². The van der Waals surface area contributed by atoms with E-state index < -0.39 is 0 Å². The lowest BCUT2D eigenvalue weighted by molar-refractivity contribution is -0.131. The molecule has 0 saturated carbocycles. The van der Waals surface area contributed by atoms with Crippen LogP contribution in [-0.4, -0.2) is 19.0 Å². The molecule has 0 rings (SSSR count). The van der Waals surface area contributed by atoms with E-state index in [4.69, 9.17) is 5.73 Å². The van der Waals surface area contributed by atoms with Gasteiger partial charge in [-0.25, -0.2) is 0 Å². The average Bonchev–Trinajstić information content (AvgIpc) is 2.37. The number of rotatable bonds is 11. The van der Waals surface area contributed by atoms with Gasteiger partial charge in [-0.3, -0.25) is 4.79 Å². The van der Waals surface area contributed by atoms with E-state index in [-0.39, 0.29) is 11.3 Å². The van der Waals surface area contributed by atoms with Crippen molar-refractivity contribution in [1.82, 2.24) is 5.32 Å². The summed E-state index contributed by atoms with van der Waals surface area (Å²) in [5.41, 5.74) is 5.56. The second-order valence-electron chi connectivity index (χ2n) is 6.13. The van der Waals surface area contributed by atoms with Crippen molar-refractivity contribution < 1.29 is 4.79 Å². The minimum absolute atomic E-state index is 0.170. The molecule has 1 amide bonds. The molecule has 0 bridgehead atoms. The lowest BCUT2D eigenvalue weighted by Crippen LogP contribution is -2.46. The molecule has 0 spiro atoms. The second-order valence-corrected chi connectivity index (χ2v) is 6.13. The molecule has 114 valence electrons. The fourth-order valence-corrected chi connectivity index (χ4v) is 2.67. The first-order valence-electron chi connectivity index (χ1n) is 8.00. The number of hydrogen-bond acceptors (Lipinski definition) is 2. The Kier molecular flexibility index (Phi) is 9.94. The molecule has 3 N–H and O–H groups in total. The summed E-state index contributed by atoms with van der Waals surface area (Å²) in [6.07, 6.45) is 7.32. The molecule has 0 aliphatic heterocycles. The van der Waals surface area contributed by atoms with Gasteiger partial charge in [0.1, 0.15) is 0 Å². The van der Waals surface area contributed by atoms with Gasteiger partial charge in [-0.1, -0.05) is 53.4 Å². The van der Waals surface area contributed by atoms with Crippen molar-refractivity contribution in [1.29, 1.82) is 0 Å². The van der Waals surface area contributed by atoms with Gasteiger partial charge in [-0.15, -0.1) is 0 Å². The second kappa shape index (κ2) is 10.2. The monoisotopic (exact) mass is 270 g/mol. The molecule has 0 aromatic rings. The van der Waals surface area contributed by atoms with Crippen LogP contribution < -0.4 is 11.1 Å². The van der Waals surface area contributed by atoms with Gasteiger partial charge in [-0.05, 0) is 25.2 Å². The lowest BCUT2D eigenvalue weighted by atomic mass is 9.78. The Balaban J connectivity index is 4.17. The Morgan fingerprint density at radius 2 is 1.74 bits per heavy atom. The zero-order valence-electron chi connectivity index (χ0n) is 13.4. The number of hydrogen-bond donors (Lipinski definition) is 2. The SMILES string of the molecule is CCCC(CN)(CCC)C(=O)NCCCCC(C)C. The Morgan fingerprint density at radius 3 is 2.16 bits per heavy atom. The molecule has 0 aliphatic carbocycles. The highest BCUT2D eigenvalue weighted by Gasteiger charge is 2.34. The van der Waals surface area contributed by atoms with Crippen LogP contribution in [0, 0.1) is 11.3 Å². The molecule has 0 aliphatic rings. The Labute approximate surface area is 119 Å². The van der Waals surface area contributed by atoms with E-state index in [0.717, 1.165) is 44.6 Å². The van der Waals surface area contributed by atoms with E-state index in [1.54, 1.807) is 0 Å². The van der Waals surface area contributed by atoms with Crippen molar-refractivity contribution in [3.8, 4) is 0 Å². The van der Waals surface area contributed by atoms with Crippen LogP contribution in [0.15, 0.2) is 0 Å². The van der Waals surface area contributed by atoms with Crippen LogP contribution in [0.25, 0.3) is 0 Å². The molecule has 3 nitrogen and oxygen atoms in total. The predicted octanol–water partition coefficient (Wildman–Crippen LogP) is 3.47. The number of nitrogens with one attached hydrogen (secondary N) is 1. The summed E-state index contributed by atoms with van der Waals surface area (Å²) < 4.78 is 0. The first kappa shape index (κ1) is 18.4. The standard InChI is InChI=1S/C16H34N2O/c1-5-10-16(13-17,11-6-2)15(19)18-12-8-7-9-14(3)4/h14H,5-13,17H2,1-4H3,(H,18,19). The van der Waals surface area contributed by atoms with Gasteiger partial charge in [0.2, 0.25) is 5.91 Å². The van der Waals surface area contributed by atoms with Crippen LogP contribution in [0.2, 0.25) is 0 Å². The first-order valence-corrected chi connectivity index (χ1v) is 8.00. The summed E-state index contributed by atoms with van der Waals surface area (Å²) >= 11 is 0. The largest absolute Gasteiger partial charge is 0.356 e. The third kappa shape index (κ3) is 6.95. The number of unbranched alkanes of at least 4 members (excludes halogenated alkanes) is 1. The van der Waals surface area contributed by atoms with Gasteiger partial charge in [0.25, 0.3) is 0 Å². The highest BCUT2D eigenvalue weighted by molar-refractivity contribution is 5.82. The molecule has 0 unspecified atom stereocenters. The minimum atomic E-state index is -0.332. The quantitative estimate of drug-likeness (QED) is 0.565. The van der Waals surface area contributed by atoms with Crippen molar-refractivity contribution in [3.63, 3.8) is 0 Å². The summed E-state index contributed by atoms with van der Waals surface area (Å²) in [5.74, 6) is 0.919. The highest BCUT2D eigenvalue weighted by atomic mass is 16.2. The van der Waals surface area contributed by atoms with E-state index >= 15 is 0 Å². The molecule has 0 aromatic heterocycles. The summed E-state index contributed by atoms with van der Waals surface area (Å²) in [6, 6.07) is 0. The molecule has 0 fully saturated rings. The maximum absolute atomic E-state index is 12.4. The van der Waals surface area contributed by atoms with E-state index in [2.05, 4.69) is 33.0 Å². The molecule has 0 atom stereocenters. The van der Waals surface area contributed by atoms with Crippen molar-refractivity contribution >= 4 is 5.91 Å². The number of carbonyl (C=O) groups is 1. The summed E-state index contributed by atoms with van der Waals surface area (Å²) in [5, 5.41) is 3.10. The summed E-state index contributed by atoms with van der Waals surface area (Å²) in [4.78, 5) is 12.4. The van der Waals surface area contributed by atoms with E-state index in [9.17, 15) is 4.79 Å².